The van der Waals surface area contributed by atoms with Crippen molar-refractivity contribution in [1.29, 1.82) is 0 Å². The number of ether oxygens (including phenoxy) is 1. The number of carbonyl (C=O) groups is 1. The van der Waals surface area contributed by atoms with E-state index in [1.54, 1.807) is 11.8 Å². The minimum absolute atomic E-state index is 0.0550. The largest absolute Gasteiger partial charge is 0.483 e. The Hall–Kier alpha value is -1.22. The van der Waals surface area contributed by atoms with Gasteiger partial charge in [0.2, 0.25) is 0 Å². The second-order valence-corrected chi connectivity index (χ2v) is 5.99. The number of carbonyl (C=O) groups excluding carboxylic acids is 1. The van der Waals surface area contributed by atoms with Crippen molar-refractivity contribution in [3.05, 3.63) is 41.7 Å². The van der Waals surface area contributed by atoms with E-state index >= 15 is 0 Å². The van der Waals surface area contributed by atoms with E-state index in [0.717, 1.165) is 24.2 Å². The predicted molar refractivity (Wildman–Crippen MR) is 72.2 cm³/mol. The van der Waals surface area contributed by atoms with E-state index in [0.29, 0.717) is 12.2 Å². The lowest BCUT2D eigenvalue weighted by Gasteiger charge is -2.16. The first kappa shape index (κ1) is 11.8. The predicted octanol–water partition coefficient (Wildman–Crippen LogP) is 3.78. The summed E-state index contributed by atoms with van der Waals surface area (Å²) in [5, 5.41) is 0. The molecule has 1 heterocycles. The second-order valence-electron chi connectivity index (χ2n) is 4.82. The van der Waals surface area contributed by atoms with Crippen molar-refractivity contribution >= 4 is 17.5 Å². The second kappa shape index (κ2) is 4.81. The summed E-state index contributed by atoms with van der Waals surface area (Å²) < 4.78 is 5.97. The first-order chi connectivity index (χ1) is 8.75. The molecule has 0 bridgehead atoms. The Morgan fingerprint density at radius 3 is 2.72 bits per heavy atom. The Kier molecular flexibility index (Phi) is 3.16. The van der Waals surface area contributed by atoms with Crippen LogP contribution in [0.5, 0.6) is 0 Å². The molecule has 3 rings (SSSR count). The minimum atomic E-state index is 0.0550. The van der Waals surface area contributed by atoms with Gasteiger partial charge in [0.15, 0.2) is 11.2 Å². The van der Waals surface area contributed by atoms with Crippen molar-refractivity contribution in [2.45, 2.75) is 36.5 Å². The van der Waals surface area contributed by atoms with Gasteiger partial charge in [0.1, 0.15) is 5.76 Å². The van der Waals surface area contributed by atoms with E-state index in [9.17, 15) is 4.79 Å². The first-order valence-electron chi connectivity index (χ1n) is 6.40. The van der Waals surface area contributed by atoms with Crippen LogP contribution in [-0.4, -0.2) is 11.2 Å². The highest BCUT2D eigenvalue weighted by Crippen LogP contribution is 2.44. The Bertz CT molecular complexity index is 492. The Morgan fingerprint density at radius 2 is 2.00 bits per heavy atom. The van der Waals surface area contributed by atoms with Gasteiger partial charge in [-0.15, -0.1) is 0 Å². The molecule has 0 N–H and O–H groups in total. The molecule has 3 heteroatoms. The van der Waals surface area contributed by atoms with Gasteiger partial charge in [-0.3, -0.25) is 4.79 Å². The van der Waals surface area contributed by atoms with Crippen LogP contribution in [0.3, 0.4) is 0 Å². The van der Waals surface area contributed by atoms with Crippen LogP contribution in [0, 0.1) is 5.92 Å². The summed E-state index contributed by atoms with van der Waals surface area (Å²) in [6, 6.07) is 10.2. The molecule has 0 aromatic heterocycles. The van der Waals surface area contributed by atoms with Crippen LogP contribution in [0.1, 0.15) is 26.2 Å². The zero-order valence-electron chi connectivity index (χ0n) is 10.4. The minimum Gasteiger partial charge on any atom is -0.483 e. The van der Waals surface area contributed by atoms with Gasteiger partial charge in [-0.1, -0.05) is 36.9 Å². The van der Waals surface area contributed by atoms with Crippen molar-refractivity contribution in [2.75, 3.05) is 0 Å². The monoisotopic (exact) mass is 260 g/mol. The van der Waals surface area contributed by atoms with Crippen LogP contribution in [0.2, 0.25) is 0 Å². The molecule has 2 nitrogen and oxygen atoms in total. The Morgan fingerprint density at radius 1 is 1.22 bits per heavy atom. The molecule has 0 saturated heterocycles. The summed E-state index contributed by atoms with van der Waals surface area (Å²) in [7, 11) is 0. The van der Waals surface area contributed by atoms with Crippen LogP contribution in [0.25, 0.3) is 0 Å². The zero-order valence-corrected chi connectivity index (χ0v) is 11.2. The van der Waals surface area contributed by atoms with Crippen LogP contribution >= 0.6 is 11.8 Å². The molecular formula is C15H16O2S. The fraction of sp³-hybridized carbons (Fsp3) is 0.400. The van der Waals surface area contributed by atoms with Crippen LogP contribution in [-0.2, 0) is 9.53 Å². The average Bonchev–Trinajstić information content (AvgIpc) is 2.69. The lowest BCUT2D eigenvalue weighted by atomic mass is 9.90. The maximum atomic E-state index is 11.9. The number of hydrogen-bond acceptors (Lipinski definition) is 3. The van der Waals surface area contributed by atoms with Crippen molar-refractivity contribution in [2.24, 2.45) is 5.92 Å². The number of rotatable bonds is 2. The van der Waals surface area contributed by atoms with Crippen molar-refractivity contribution in [1.82, 2.24) is 0 Å². The molecule has 1 aliphatic carbocycles. The molecule has 0 amide bonds. The number of hydrogen-bond donors (Lipinski definition) is 0. The molecule has 1 aliphatic heterocycles. The van der Waals surface area contributed by atoms with Gasteiger partial charge in [0.05, 0.1) is 0 Å². The molecule has 0 unspecified atom stereocenters. The summed E-state index contributed by atoms with van der Waals surface area (Å²) in [6.45, 7) is 2.10. The summed E-state index contributed by atoms with van der Waals surface area (Å²) in [4.78, 5) is 13.1. The fourth-order valence-electron chi connectivity index (χ4n) is 2.60. The highest BCUT2D eigenvalue weighted by Gasteiger charge is 2.39. The lowest BCUT2D eigenvalue weighted by molar-refractivity contribution is -0.116. The van der Waals surface area contributed by atoms with Gasteiger partial charge >= 0.3 is 0 Å². The molecule has 1 aromatic rings. The van der Waals surface area contributed by atoms with E-state index in [2.05, 4.69) is 19.1 Å². The maximum absolute atomic E-state index is 11.9. The highest BCUT2D eigenvalue weighted by atomic mass is 32.2. The standard InChI is InChI=1S/C15H16O2S/c1-10-14-12(16)8-5-9-13(14)17-15(10)18-11-6-3-2-4-7-11/h2-4,6-7,10,15H,5,8-9H2,1H3/t10-,15-/m1/s1. The van der Waals surface area contributed by atoms with Crippen molar-refractivity contribution in [3.63, 3.8) is 0 Å². The molecule has 2 atom stereocenters. The molecule has 2 aliphatic rings. The van der Waals surface area contributed by atoms with E-state index in [1.165, 1.54) is 4.90 Å². The van der Waals surface area contributed by atoms with Crippen molar-refractivity contribution < 1.29 is 9.53 Å². The number of allylic oxidation sites excluding steroid dienone is 1. The third kappa shape index (κ3) is 2.07. The van der Waals surface area contributed by atoms with Gasteiger partial charge in [-0.2, -0.15) is 0 Å². The Labute approximate surface area is 111 Å². The lowest BCUT2D eigenvalue weighted by Crippen LogP contribution is -2.16. The number of thioether (sulfide) groups is 1. The summed E-state index contributed by atoms with van der Waals surface area (Å²) in [5.74, 6) is 1.45. The topological polar surface area (TPSA) is 26.3 Å². The summed E-state index contributed by atoms with van der Waals surface area (Å²) in [6.07, 6.45) is 2.56. The fourth-order valence-corrected chi connectivity index (χ4v) is 3.69. The van der Waals surface area contributed by atoms with Crippen LogP contribution in [0.15, 0.2) is 46.6 Å². The van der Waals surface area contributed by atoms with E-state index in [4.69, 9.17) is 4.74 Å². The van der Waals surface area contributed by atoms with Gasteiger partial charge in [0.25, 0.3) is 0 Å². The quantitative estimate of drug-likeness (QED) is 0.809. The van der Waals surface area contributed by atoms with Gasteiger partial charge in [0, 0.05) is 29.2 Å². The molecule has 0 radical (unpaired) electrons. The van der Waals surface area contributed by atoms with E-state index in [-0.39, 0.29) is 11.4 Å². The maximum Gasteiger partial charge on any atom is 0.162 e. The SMILES string of the molecule is C[C@@H]1C2=C(CCCC2=O)O[C@@H]1Sc1ccccc1. The molecule has 0 fully saturated rings. The molecular weight excluding hydrogens is 244 g/mol. The molecule has 0 spiro atoms. The smallest absolute Gasteiger partial charge is 0.162 e. The molecule has 0 saturated carbocycles. The summed E-state index contributed by atoms with van der Waals surface area (Å²) in [5.41, 5.74) is 1.01. The van der Waals surface area contributed by atoms with Crippen molar-refractivity contribution in [3.8, 4) is 0 Å². The third-order valence-electron chi connectivity index (χ3n) is 3.53. The Balaban J connectivity index is 1.77. The van der Waals surface area contributed by atoms with Gasteiger partial charge in [-0.05, 0) is 18.6 Å². The first-order valence-corrected chi connectivity index (χ1v) is 7.28. The number of ketones is 1. The highest BCUT2D eigenvalue weighted by molar-refractivity contribution is 7.99. The molecule has 94 valence electrons. The van der Waals surface area contributed by atoms with Crippen LogP contribution in [0.4, 0.5) is 0 Å². The van der Waals surface area contributed by atoms with Gasteiger partial charge < -0.3 is 4.74 Å². The molecule has 1 aromatic carbocycles. The number of Topliss-reactive ketones (excluding diaryl/α,β-unsaturated/α-hetero) is 1. The van der Waals surface area contributed by atoms with Gasteiger partial charge in [-0.25, -0.2) is 0 Å². The zero-order chi connectivity index (χ0) is 12.5. The number of benzene rings is 1. The van der Waals surface area contributed by atoms with E-state index < -0.39 is 0 Å². The van der Waals surface area contributed by atoms with Crippen LogP contribution < -0.4 is 0 Å². The normalized spacial score (nSPS) is 27.1. The average molecular weight is 260 g/mol. The summed E-state index contributed by atoms with van der Waals surface area (Å²) >= 11 is 1.71. The molecule has 18 heavy (non-hydrogen) atoms. The van der Waals surface area contributed by atoms with E-state index in [1.807, 2.05) is 18.2 Å². The third-order valence-corrected chi connectivity index (χ3v) is 4.81.